The number of aliphatic carboxylic acids is 1. The zero-order chi connectivity index (χ0) is 9.90. The second-order valence-corrected chi connectivity index (χ2v) is 3.53. The van der Waals surface area contributed by atoms with Gasteiger partial charge in [-0.25, -0.2) is 4.79 Å². The van der Waals surface area contributed by atoms with E-state index < -0.39 is 5.97 Å². The van der Waals surface area contributed by atoms with Crippen LogP contribution in [0.1, 0.15) is 20.3 Å². The Bertz CT molecular complexity index is 302. The molecule has 1 N–H and O–H groups in total. The quantitative estimate of drug-likeness (QED) is 0.570. The molecule has 0 fully saturated rings. The molecule has 0 spiro atoms. The number of carbonyl (C=O) groups is 1. The average molecular weight is 180 g/mol. The number of carboxylic acids is 1. The Labute approximate surface area is 77.4 Å². The number of rotatable bonds is 0. The molecule has 0 radical (unpaired) electrons. The van der Waals surface area contributed by atoms with Crippen molar-refractivity contribution in [2.24, 2.45) is 0 Å². The van der Waals surface area contributed by atoms with Crippen molar-refractivity contribution in [1.82, 2.24) is 0 Å². The van der Waals surface area contributed by atoms with Crippen LogP contribution in [0, 0.1) is 11.8 Å². The molecule has 70 valence electrons. The molecule has 3 nitrogen and oxygen atoms in total. The van der Waals surface area contributed by atoms with Crippen molar-refractivity contribution in [3.05, 3.63) is 11.6 Å². The fraction of sp³-hybridized carbons (Fsp3) is 0.500. The summed E-state index contributed by atoms with van der Waals surface area (Å²) < 4.78 is 5.41. The van der Waals surface area contributed by atoms with Crippen LogP contribution in [0.3, 0.4) is 0 Å². The Morgan fingerprint density at radius 3 is 2.92 bits per heavy atom. The molecule has 0 saturated carbocycles. The SMILES string of the molecule is CC1(C)CC(C#CC(=O)O)=CCO1. The topological polar surface area (TPSA) is 46.5 Å². The standard InChI is InChI=1S/C10H12O3/c1-10(2)7-8(5-6-13-10)3-4-9(11)12/h5H,6-7H2,1-2H3,(H,11,12). The third kappa shape index (κ3) is 3.30. The first kappa shape index (κ1) is 9.82. The predicted molar refractivity (Wildman–Crippen MR) is 48.1 cm³/mol. The minimum absolute atomic E-state index is 0.225. The van der Waals surface area contributed by atoms with Crippen LogP contribution >= 0.6 is 0 Å². The summed E-state index contributed by atoms with van der Waals surface area (Å²) in [6.45, 7) is 4.43. The molecule has 0 amide bonds. The van der Waals surface area contributed by atoms with Gasteiger partial charge >= 0.3 is 5.97 Å². The summed E-state index contributed by atoms with van der Waals surface area (Å²) in [7, 11) is 0. The van der Waals surface area contributed by atoms with Crippen molar-refractivity contribution in [3.63, 3.8) is 0 Å². The van der Waals surface area contributed by atoms with E-state index in [0.29, 0.717) is 13.0 Å². The van der Waals surface area contributed by atoms with Crippen molar-refractivity contribution in [3.8, 4) is 11.8 Å². The van der Waals surface area contributed by atoms with Gasteiger partial charge in [0.1, 0.15) is 0 Å². The van der Waals surface area contributed by atoms with Gasteiger partial charge in [-0.15, -0.1) is 0 Å². The molecule has 1 aliphatic rings. The van der Waals surface area contributed by atoms with Crippen molar-refractivity contribution >= 4 is 5.97 Å². The molecule has 1 aliphatic heterocycles. The summed E-state index contributed by atoms with van der Waals surface area (Å²) >= 11 is 0. The van der Waals surface area contributed by atoms with E-state index in [1.165, 1.54) is 0 Å². The normalized spacial score (nSPS) is 19.7. The van der Waals surface area contributed by atoms with Gasteiger partial charge in [-0.05, 0) is 19.9 Å². The lowest BCUT2D eigenvalue weighted by atomic mass is 9.96. The van der Waals surface area contributed by atoms with Crippen LogP contribution in [0.25, 0.3) is 0 Å². The first-order valence-corrected chi connectivity index (χ1v) is 4.07. The zero-order valence-electron chi connectivity index (χ0n) is 7.76. The molecule has 0 aliphatic carbocycles. The summed E-state index contributed by atoms with van der Waals surface area (Å²) in [4.78, 5) is 10.2. The van der Waals surface area contributed by atoms with Crippen LogP contribution in [0.2, 0.25) is 0 Å². The number of ether oxygens (including phenoxy) is 1. The molecule has 0 saturated heterocycles. The van der Waals surface area contributed by atoms with E-state index in [1.807, 2.05) is 19.9 Å². The first-order valence-electron chi connectivity index (χ1n) is 4.07. The van der Waals surface area contributed by atoms with Gasteiger partial charge in [0.25, 0.3) is 0 Å². The van der Waals surface area contributed by atoms with Gasteiger partial charge in [-0.3, -0.25) is 0 Å². The maximum atomic E-state index is 10.2. The minimum atomic E-state index is -1.09. The van der Waals surface area contributed by atoms with Gasteiger partial charge < -0.3 is 9.84 Å². The molecule has 1 heterocycles. The molecule has 1 rings (SSSR count). The molecule has 0 aromatic carbocycles. The van der Waals surface area contributed by atoms with Crippen molar-refractivity contribution in [1.29, 1.82) is 0 Å². The fourth-order valence-corrected chi connectivity index (χ4v) is 1.18. The Kier molecular flexibility index (Phi) is 2.74. The number of hydrogen-bond donors (Lipinski definition) is 1. The van der Waals surface area contributed by atoms with Gasteiger partial charge in [0.15, 0.2) is 0 Å². The second-order valence-electron chi connectivity index (χ2n) is 3.53. The van der Waals surface area contributed by atoms with Gasteiger partial charge in [-0.1, -0.05) is 5.92 Å². The molecule has 0 atom stereocenters. The maximum absolute atomic E-state index is 10.2. The summed E-state index contributed by atoms with van der Waals surface area (Å²) in [6, 6.07) is 0. The van der Waals surface area contributed by atoms with Gasteiger partial charge in [0.05, 0.1) is 12.2 Å². The average Bonchev–Trinajstić information content (AvgIpc) is 1.99. The van der Waals surface area contributed by atoms with Gasteiger partial charge in [0.2, 0.25) is 0 Å². The van der Waals surface area contributed by atoms with Crippen LogP contribution in [-0.2, 0) is 9.53 Å². The van der Waals surface area contributed by atoms with E-state index in [0.717, 1.165) is 5.57 Å². The lowest BCUT2D eigenvalue weighted by Crippen LogP contribution is -2.28. The third-order valence-electron chi connectivity index (χ3n) is 1.75. The second kappa shape index (κ2) is 3.63. The highest BCUT2D eigenvalue weighted by Gasteiger charge is 2.22. The predicted octanol–water partition coefficient (Wildman–Crippen LogP) is 1.20. The highest BCUT2D eigenvalue weighted by Crippen LogP contribution is 2.23. The van der Waals surface area contributed by atoms with Crippen LogP contribution in [0.5, 0.6) is 0 Å². The summed E-state index contributed by atoms with van der Waals surface area (Å²) in [5.74, 6) is 3.61. The fourth-order valence-electron chi connectivity index (χ4n) is 1.18. The maximum Gasteiger partial charge on any atom is 0.382 e. The molecule has 0 unspecified atom stereocenters. The van der Waals surface area contributed by atoms with E-state index in [-0.39, 0.29) is 5.60 Å². The lowest BCUT2D eigenvalue weighted by molar-refractivity contribution is -0.130. The van der Waals surface area contributed by atoms with Gasteiger partial charge in [-0.2, -0.15) is 0 Å². The lowest BCUT2D eigenvalue weighted by Gasteiger charge is -2.28. The highest BCUT2D eigenvalue weighted by atomic mass is 16.5. The third-order valence-corrected chi connectivity index (χ3v) is 1.75. The van der Waals surface area contributed by atoms with Crippen LogP contribution < -0.4 is 0 Å². The van der Waals surface area contributed by atoms with Crippen LogP contribution in [0.15, 0.2) is 11.6 Å². The molecule has 0 aromatic rings. The van der Waals surface area contributed by atoms with Crippen molar-refractivity contribution in [2.45, 2.75) is 25.9 Å². The summed E-state index contributed by atoms with van der Waals surface area (Å²) in [6.07, 6.45) is 2.49. The van der Waals surface area contributed by atoms with E-state index in [1.54, 1.807) is 0 Å². The van der Waals surface area contributed by atoms with Crippen molar-refractivity contribution < 1.29 is 14.6 Å². The van der Waals surface area contributed by atoms with Crippen LogP contribution in [-0.4, -0.2) is 23.3 Å². The molecule has 0 aromatic heterocycles. The first-order chi connectivity index (χ1) is 5.99. The van der Waals surface area contributed by atoms with Crippen molar-refractivity contribution in [2.75, 3.05) is 6.61 Å². The molecular weight excluding hydrogens is 168 g/mol. The Balaban J connectivity index is 2.69. The largest absolute Gasteiger partial charge is 0.472 e. The highest BCUT2D eigenvalue weighted by molar-refractivity contribution is 5.87. The molecule has 0 bridgehead atoms. The minimum Gasteiger partial charge on any atom is -0.472 e. The Morgan fingerprint density at radius 1 is 1.69 bits per heavy atom. The summed E-state index contributed by atoms with van der Waals surface area (Å²) in [5.41, 5.74) is 0.621. The van der Waals surface area contributed by atoms with E-state index in [4.69, 9.17) is 9.84 Å². The molecule has 13 heavy (non-hydrogen) atoms. The van der Waals surface area contributed by atoms with Crippen LogP contribution in [0.4, 0.5) is 0 Å². The van der Waals surface area contributed by atoms with Gasteiger partial charge in [0, 0.05) is 17.9 Å². The Morgan fingerprint density at radius 2 is 2.38 bits per heavy atom. The molecular formula is C10H12O3. The smallest absolute Gasteiger partial charge is 0.382 e. The zero-order valence-corrected chi connectivity index (χ0v) is 7.76. The number of hydrogen-bond acceptors (Lipinski definition) is 2. The van der Waals surface area contributed by atoms with E-state index in [9.17, 15) is 4.79 Å². The summed E-state index contributed by atoms with van der Waals surface area (Å²) in [5, 5.41) is 8.34. The monoisotopic (exact) mass is 180 g/mol. The number of carboxylic acid groups (broad SMARTS) is 1. The Hall–Kier alpha value is -1.27. The molecule has 3 heteroatoms. The van der Waals surface area contributed by atoms with E-state index >= 15 is 0 Å². The van der Waals surface area contributed by atoms with E-state index in [2.05, 4.69) is 11.8 Å².